The van der Waals surface area contributed by atoms with Crippen LogP contribution in [0.2, 0.25) is 5.28 Å². The smallest absolute Gasteiger partial charge is 0.320 e. The van der Waals surface area contributed by atoms with Crippen LogP contribution in [0.4, 0.5) is 10.6 Å². The molecule has 1 fully saturated rings. The monoisotopic (exact) mass is 527 g/mol. The number of amides is 2. The number of fused-ring (bicyclic) bond motifs is 1. The predicted octanol–water partition coefficient (Wildman–Crippen LogP) is 4.26. The van der Waals surface area contributed by atoms with Crippen LogP contribution in [0, 0.1) is 0 Å². The highest BCUT2D eigenvalue weighted by atomic mass is 35.5. The Kier molecular flexibility index (Phi) is 7.38. The van der Waals surface area contributed by atoms with Gasteiger partial charge in [0.25, 0.3) is 0 Å². The zero-order valence-corrected chi connectivity index (χ0v) is 22.3. The second-order valence-electron chi connectivity index (χ2n) is 9.33. The van der Waals surface area contributed by atoms with Gasteiger partial charge in [-0.15, -0.1) is 11.3 Å². The molecule has 1 saturated heterocycles. The molecular formula is C25H30ClN7O2S. The van der Waals surface area contributed by atoms with Gasteiger partial charge in [-0.25, -0.2) is 19.7 Å². The fraction of sp³-hybridized carbons (Fsp3) is 0.440. The summed E-state index contributed by atoms with van der Waals surface area (Å²) in [5.74, 6) is 0.652. The van der Waals surface area contributed by atoms with Gasteiger partial charge in [0.2, 0.25) is 5.28 Å². The number of carbonyl (C=O) groups is 1. The Morgan fingerprint density at radius 3 is 2.75 bits per heavy atom. The molecule has 9 nitrogen and oxygen atoms in total. The van der Waals surface area contributed by atoms with Crippen LogP contribution < -0.4 is 5.32 Å². The molecule has 1 atom stereocenters. The van der Waals surface area contributed by atoms with Crippen LogP contribution in [0.3, 0.4) is 0 Å². The standard InChI is InChI=1S/C25H30ClN7O2S/c1-16(23-27-12-21(36-23)18-7-5-4-6-17(18)13-31(2)3)28-22-19-14-33(15-20(19)29-24(26)30-22)25(34)32-8-10-35-11-9-32/h4-7,12,16H,8-11,13-15H2,1-3H3,(H,28,29,30). The Balaban J connectivity index is 1.33. The number of benzene rings is 1. The van der Waals surface area contributed by atoms with E-state index in [-0.39, 0.29) is 17.4 Å². The molecule has 2 amide bonds. The molecule has 2 aromatic heterocycles. The minimum Gasteiger partial charge on any atom is -0.378 e. The molecule has 190 valence electrons. The van der Waals surface area contributed by atoms with E-state index in [1.807, 2.05) is 11.1 Å². The highest BCUT2D eigenvalue weighted by Gasteiger charge is 2.32. The number of carbonyl (C=O) groups excluding carboxylic acids is 1. The van der Waals surface area contributed by atoms with Gasteiger partial charge in [0.05, 0.1) is 42.9 Å². The molecule has 3 aromatic rings. The van der Waals surface area contributed by atoms with Gasteiger partial charge in [0.1, 0.15) is 10.8 Å². The number of nitrogens with one attached hydrogen (secondary N) is 1. The molecule has 5 rings (SSSR count). The summed E-state index contributed by atoms with van der Waals surface area (Å²) in [7, 11) is 4.14. The second kappa shape index (κ2) is 10.7. The van der Waals surface area contributed by atoms with Gasteiger partial charge in [-0.05, 0) is 43.7 Å². The van der Waals surface area contributed by atoms with E-state index in [1.165, 1.54) is 11.1 Å². The van der Waals surface area contributed by atoms with E-state index in [0.29, 0.717) is 45.2 Å². The highest BCUT2D eigenvalue weighted by molar-refractivity contribution is 7.15. The number of ether oxygens (including phenoxy) is 1. The Morgan fingerprint density at radius 2 is 1.97 bits per heavy atom. The largest absolute Gasteiger partial charge is 0.378 e. The van der Waals surface area contributed by atoms with Crippen LogP contribution in [0.1, 0.15) is 34.8 Å². The molecule has 0 radical (unpaired) electrons. The molecule has 2 aliphatic rings. The lowest BCUT2D eigenvalue weighted by atomic mass is 10.1. The molecule has 0 aliphatic carbocycles. The van der Waals surface area contributed by atoms with Crippen molar-refractivity contribution in [1.29, 1.82) is 0 Å². The quantitative estimate of drug-likeness (QED) is 0.479. The molecule has 0 bridgehead atoms. The number of nitrogens with zero attached hydrogens (tertiary/aromatic N) is 6. The molecule has 0 spiro atoms. The normalized spacial score (nSPS) is 16.4. The van der Waals surface area contributed by atoms with Gasteiger partial charge >= 0.3 is 6.03 Å². The van der Waals surface area contributed by atoms with Crippen molar-refractivity contribution < 1.29 is 9.53 Å². The number of hydrogen-bond donors (Lipinski definition) is 1. The Bertz CT molecular complexity index is 1240. The van der Waals surface area contributed by atoms with Crippen molar-refractivity contribution >= 4 is 34.8 Å². The van der Waals surface area contributed by atoms with E-state index in [0.717, 1.165) is 27.7 Å². The fourth-order valence-corrected chi connectivity index (χ4v) is 5.72. The number of hydrogen-bond acceptors (Lipinski definition) is 8. The number of anilines is 1. The number of aromatic nitrogens is 3. The molecule has 0 saturated carbocycles. The van der Waals surface area contributed by atoms with Crippen LogP contribution in [0.5, 0.6) is 0 Å². The summed E-state index contributed by atoms with van der Waals surface area (Å²) in [5, 5.41) is 4.60. The third kappa shape index (κ3) is 5.31. The predicted molar refractivity (Wildman–Crippen MR) is 141 cm³/mol. The van der Waals surface area contributed by atoms with Gasteiger partial charge in [-0.3, -0.25) is 0 Å². The van der Waals surface area contributed by atoms with E-state index >= 15 is 0 Å². The number of morpholine rings is 1. The minimum absolute atomic E-state index is 0.00706. The average molecular weight is 528 g/mol. The average Bonchev–Trinajstić information content (AvgIpc) is 3.52. The topological polar surface area (TPSA) is 86.7 Å². The van der Waals surface area contributed by atoms with Crippen molar-refractivity contribution in [1.82, 2.24) is 29.7 Å². The van der Waals surface area contributed by atoms with E-state index in [4.69, 9.17) is 21.3 Å². The first-order valence-electron chi connectivity index (χ1n) is 12.0. The van der Waals surface area contributed by atoms with Crippen molar-refractivity contribution in [3.8, 4) is 10.4 Å². The van der Waals surface area contributed by atoms with Crippen LogP contribution >= 0.6 is 22.9 Å². The summed E-state index contributed by atoms with van der Waals surface area (Å²) < 4.78 is 5.38. The molecule has 36 heavy (non-hydrogen) atoms. The third-order valence-electron chi connectivity index (χ3n) is 6.32. The Labute approximate surface area is 220 Å². The number of thiazole rings is 1. The van der Waals surface area contributed by atoms with Crippen molar-refractivity contribution in [3.63, 3.8) is 0 Å². The lowest BCUT2D eigenvalue weighted by Crippen LogP contribution is -2.46. The van der Waals surface area contributed by atoms with E-state index < -0.39 is 0 Å². The molecule has 1 N–H and O–H groups in total. The summed E-state index contributed by atoms with van der Waals surface area (Å²) in [5.41, 5.74) is 4.15. The first-order chi connectivity index (χ1) is 17.4. The summed E-state index contributed by atoms with van der Waals surface area (Å²) in [6, 6.07) is 8.33. The maximum Gasteiger partial charge on any atom is 0.320 e. The van der Waals surface area contributed by atoms with Crippen LogP contribution in [-0.2, 0) is 24.4 Å². The number of halogens is 1. The SMILES string of the molecule is CC(Nc1nc(Cl)nc2c1CN(C(=O)N1CCOCC1)C2)c1ncc(-c2ccccc2CN(C)C)s1. The minimum atomic E-state index is -0.0937. The maximum absolute atomic E-state index is 13.0. The lowest BCUT2D eigenvalue weighted by Gasteiger charge is -2.30. The third-order valence-corrected chi connectivity index (χ3v) is 7.71. The van der Waals surface area contributed by atoms with Gasteiger partial charge in [0.15, 0.2) is 0 Å². The lowest BCUT2D eigenvalue weighted by molar-refractivity contribution is 0.0429. The van der Waals surface area contributed by atoms with Crippen molar-refractivity contribution in [2.75, 3.05) is 45.7 Å². The molecule has 11 heteroatoms. The second-order valence-corrected chi connectivity index (χ2v) is 10.7. The molecule has 1 aromatic carbocycles. The summed E-state index contributed by atoms with van der Waals surface area (Å²) in [6.45, 7) is 6.12. The van der Waals surface area contributed by atoms with E-state index in [2.05, 4.69) is 65.5 Å². The van der Waals surface area contributed by atoms with Gasteiger partial charge < -0.3 is 24.8 Å². The number of rotatable bonds is 6. The molecular weight excluding hydrogens is 498 g/mol. The Morgan fingerprint density at radius 1 is 1.19 bits per heavy atom. The maximum atomic E-state index is 13.0. The van der Waals surface area contributed by atoms with E-state index in [1.54, 1.807) is 16.2 Å². The van der Waals surface area contributed by atoms with Crippen molar-refractivity contribution in [3.05, 3.63) is 57.6 Å². The first kappa shape index (κ1) is 24.9. The summed E-state index contributed by atoms with van der Waals surface area (Å²) in [6.07, 6.45) is 1.94. The van der Waals surface area contributed by atoms with Crippen molar-refractivity contribution in [2.24, 2.45) is 0 Å². The molecule has 1 unspecified atom stereocenters. The summed E-state index contributed by atoms with van der Waals surface area (Å²) in [4.78, 5) is 33.5. The first-order valence-corrected chi connectivity index (χ1v) is 13.2. The van der Waals surface area contributed by atoms with Crippen molar-refractivity contribution in [2.45, 2.75) is 32.6 Å². The van der Waals surface area contributed by atoms with Gasteiger partial charge in [0, 0.05) is 31.4 Å². The fourth-order valence-electron chi connectivity index (χ4n) is 4.55. The zero-order valence-electron chi connectivity index (χ0n) is 20.7. The molecule has 4 heterocycles. The van der Waals surface area contributed by atoms with Gasteiger partial charge in [-0.2, -0.15) is 0 Å². The number of urea groups is 1. The van der Waals surface area contributed by atoms with E-state index in [9.17, 15) is 4.79 Å². The van der Waals surface area contributed by atoms with Gasteiger partial charge in [-0.1, -0.05) is 24.3 Å². The van der Waals surface area contributed by atoms with Crippen LogP contribution in [0.25, 0.3) is 10.4 Å². The zero-order chi connectivity index (χ0) is 25.2. The highest BCUT2D eigenvalue weighted by Crippen LogP contribution is 2.35. The summed E-state index contributed by atoms with van der Waals surface area (Å²) >= 11 is 7.93. The Hall–Kier alpha value is -2.79. The van der Waals surface area contributed by atoms with Crippen LogP contribution in [0.15, 0.2) is 30.5 Å². The van der Waals surface area contributed by atoms with Crippen LogP contribution in [-0.4, -0.2) is 76.1 Å². The molecule has 2 aliphatic heterocycles.